The van der Waals surface area contributed by atoms with Gasteiger partial charge in [0, 0.05) is 27.7 Å². The number of hydrogen-bond acceptors (Lipinski definition) is 2. The molecule has 3 nitrogen and oxygen atoms in total. The molecule has 0 aliphatic carbocycles. The van der Waals surface area contributed by atoms with Crippen molar-refractivity contribution < 1.29 is 4.79 Å². The number of para-hydroxylation sites is 1. The van der Waals surface area contributed by atoms with Crippen LogP contribution in [0.25, 0.3) is 10.9 Å². The van der Waals surface area contributed by atoms with E-state index >= 15 is 0 Å². The maximum atomic E-state index is 12.1. The second kappa shape index (κ2) is 6.71. The van der Waals surface area contributed by atoms with Crippen LogP contribution in [-0.4, -0.2) is 16.6 Å². The second-order valence-corrected chi connectivity index (χ2v) is 6.10. The number of aromatic amines is 1. The molecule has 0 unspecified atom stereocenters. The number of hydrogen-bond donors (Lipinski definition) is 2. The van der Waals surface area contributed by atoms with Gasteiger partial charge >= 0.3 is 0 Å². The molecule has 2 aromatic carbocycles. The van der Waals surface area contributed by atoms with E-state index in [1.165, 1.54) is 5.56 Å². The molecule has 0 atom stereocenters. The highest BCUT2D eigenvalue weighted by molar-refractivity contribution is 8.00. The lowest BCUT2D eigenvalue weighted by Crippen LogP contribution is -2.13. The van der Waals surface area contributed by atoms with E-state index in [4.69, 9.17) is 0 Å². The Morgan fingerprint density at radius 2 is 1.91 bits per heavy atom. The second-order valence-electron chi connectivity index (χ2n) is 5.09. The maximum Gasteiger partial charge on any atom is 0.234 e. The summed E-state index contributed by atoms with van der Waals surface area (Å²) >= 11 is 1.55. The van der Waals surface area contributed by atoms with E-state index in [1.807, 2.05) is 48.7 Å². The number of carbonyl (C=O) groups excluding carboxylic acids is 1. The molecule has 22 heavy (non-hydrogen) atoms. The van der Waals surface area contributed by atoms with Crippen LogP contribution >= 0.6 is 11.8 Å². The number of carbonyl (C=O) groups is 1. The van der Waals surface area contributed by atoms with Gasteiger partial charge in [-0.1, -0.05) is 37.3 Å². The van der Waals surface area contributed by atoms with Crippen molar-refractivity contribution >= 4 is 34.3 Å². The van der Waals surface area contributed by atoms with Gasteiger partial charge in [0.15, 0.2) is 0 Å². The summed E-state index contributed by atoms with van der Waals surface area (Å²) in [6, 6.07) is 16.1. The average Bonchev–Trinajstić information content (AvgIpc) is 2.97. The normalized spacial score (nSPS) is 10.8. The number of H-pyrrole nitrogens is 1. The number of aromatic nitrogens is 1. The smallest absolute Gasteiger partial charge is 0.234 e. The van der Waals surface area contributed by atoms with Crippen LogP contribution in [0.4, 0.5) is 5.69 Å². The van der Waals surface area contributed by atoms with Crippen molar-refractivity contribution in [2.75, 3.05) is 11.1 Å². The first-order chi connectivity index (χ1) is 10.8. The van der Waals surface area contributed by atoms with Gasteiger partial charge in [0.05, 0.1) is 5.75 Å². The first-order valence-electron chi connectivity index (χ1n) is 7.34. The van der Waals surface area contributed by atoms with Gasteiger partial charge in [0.2, 0.25) is 5.91 Å². The molecule has 0 bridgehead atoms. The monoisotopic (exact) mass is 310 g/mol. The molecule has 0 fully saturated rings. The number of benzene rings is 2. The topological polar surface area (TPSA) is 44.9 Å². The summed E-state index contributed by atoms with van der Waals surface area (Å²) in [6.45, 7) is 2.12. The molecule has 1 amide bonds. The molecule has 112 valence electrons. The van der Waals surface area contributed by atoms with Crippen LogP contribution in [0.2, 0.25) is 0 Å². The third-order valence-corrected chi connectivity index (χ3v) is 4.61. The molecule has 1 heterocycles. The zero-order valence-corrected chi connectivity index (χ0v) is 13.2. The summed E-state index contributed by atoms with van der Waals surface area (Å²) < 4.78 is 0. The van der Waals surface area contributed by atoms with E-state index in [-0.39, 0.29) is 5.91 Å². The minimum absolute atomic E-state index is 0.0135. The Labute approximate surface area is 134 Å². The van der Waals surface area contributed by atoms with E-state index in [9.17, 15) is 4.79 Å². The number of rotatable bonds is 5. The molecule has 0 radical (unpaired) electrons. The van der Waals surface area contributed by atoms with Crippen LogP contribution in [-0.2, 0) is 11.2 Å². The minimum atomic E-state index is 0.0135. The highest BCUT2D eigenvalue weighted by Crippen LogP contribution is 2.27. The van der Waals surface area contributed by atoms with Crippen LogP contribution in [0.5, 0.6) is 0 Å². The van der Waals surface area contributed by atoms with Gasteiger partial charge in [-0.25, -0.2) is 0 Å². The first-order valence-corrected chi connectivity index (χ1v) is 8.32. The van der Waals surface area contributed by atoms with Crippen molar-refractivity contribution in [2.24, 2.45) is 0 Å². The summed E-state index contributed by atoms with van der Waals surface area (Å²) in [5.41, 5.74) is 3.22. The molecular formula is C18H18N2OS. The SMILES string of the molecule is CCc1ccc(NC(=O)CSc2c[nH]c3ccccc23)cc1. The molecule has 0 aliphatic rings. The Balaban J connectivity index is 1.60. The van der Waals surface area contributed by atoms with Gasteiger partial charge in [0.25, 0.3) is 0 Å². The van der Waals surface area contributed by atoms with Crippen LogP contribution in [0.15, 0.2) is 59.6 Å². The highest BCUT2D eigenvalue weighted by Gasteiger charge is 2.07. The zero-order chi connectivity index (χ0) is 15.4. The lowest BCUT2D eigenvalue weighted by molar-refractivity contribution is -0.113. The Hall–Kier alpha value is -2.20. The fourth-order valence-corrected chi connectivity index (χ4v) is 3.16. The first kappa shape index (κ1) is 14.7. The molecule has 1 aromatic heterocycles. The summed E-state index contributed by atoms with van der Waals surface area (Å²) in [4.78, 5) is 16.4. The van der Waals surface area contributed by atoms with Gasteiger partial charge in [0.1, 0.15) is 0 Å². The quantitative estimate of drug-likeness (QED) is 0.683. The molecule has 4 heteroatoms. The predicted octanol–water partition coefficient (Wildman–Crippen LogP) is 4.46. The largest absolute Gasteiger partial charge is 0.360 e. The number of fused-ring (bicyclic) bond motifs is 1. The van der Waals surface area contributed by atoms with Crippen LogP contribution in [0, 0.1) is 0 Å². The summed E-state index contributed by atoms with van der Waals surface area (Å²) in [7, 11) is 0. The average molecular weight is 310 g/mol. The Morgan fingerprint density at radius 1 is 1.14 bits per heavy atom. The van der Waals surface area contributed by atoms with Gasteiger partial charge < -0.3 is 10.3 Å². The fraction of sp³-hybridized carbons (Fsp3) is 0.167. The third-order valence-electron chi connectivity index (χ3n) is 3.56. The molecule has 0 spiro atoms. The van der Waals surface area contributed by atoms with Crippen LogP contribution < -0.4 is 5.32 Å². The molecule has 2 N–H and O–H groups in total. The van der Waals surface area contributed by atoms with Crippen molar-refractivity contribution in [2.45, 2.75) is 18.2 Å². The standard InChI is InChI=1S/C18H18N2OS/c1-2-13-7-9-14(10-8-13)20-18(21)12-22-17-11-19-16-6-4-3-5-15(16)17/h3-11,19H,2,12H2,1H3,(H,20,21). The van der Waals surface area contributed by atoms with Crippen molar-refractivity contribution in [3.05, 3.63) is 60.3 Å². The maximum absolute atomic E-state index is 12.1. The van der Waals surface area contributed by atoms with Crippen molar-refractivity contribution in [1.29, 1.82) is 0 Å². The molecule has 3 rings (SSSR count). The highest BCUT2D eigenvalue weighted by atomic mass is 32.2. The molecule has 0 saturated heterocycles. The Kier molecular flexibility index (Phi) is 4.49. The van der Waals surface area contributed by atoms with Crippen molar-refractivity contribution in [1.82, 2.24) is 4.98 Å². The van der Waals surface area contributed by atoms with Gasteiger partial charge in [-0.05, 0) is 30.2 Å². The number of nitrogens with one attached hydrogen (secondary N) is 2. The van der Waals surface area contributed by atoms with E-state index < -0.39 is 0 Å². The van der Waals surface area contributed by atoms with E-state index in [2.05, 4.69) is 23.3 Å². The number of amides is 1. The molecule has 3 aromatic rings. The van der Waals surface area contributed by atoms with E-state index in [1.54, 1.807) is 11.8 Å². The lowest BCUT2D eigenvalue weighted by Gasteiger charge is -2.05. The Morgan fingerprint density at radius 3 is 2.68 bits per heavy atom. The van der Waals surface area contributed by atoms with E-state index in [0.29, 0.717) is 5.75 Å². The minimum Gasteiger partial charge on any atom is -0.360 e. The third kappa shape index (κ3) is 3.34. The van der Waals surface area contributed by atoms with Crippen molar-refractivity contribution in [3.63, 3.8) is 0 Å². The number of aryl methyl sites for hydroxylation is 1. The lowest BCUT2D eigenvalue weighted by atomic mass is 10.1. The summed E-state index contributed by atoms with van der Waals surface area (Å²) in [5, 5.41) is 4.09. The molecular weight excluding hydrogens is 292 g/mol. The van der Waals surface area contributed by atoms with Gasteiger partial charge in [-0.15, -0.1) is 11.8 Å². The van der Waals surface area contributed by atoms with Gasteiger partial charge in [-0.2, -0.15) is 0 Å². The fourth-order valence-electron chi connectivity index (χ4n) is 2.33. The number of anilines is 1. The van der Waals surface area contributed by atoms with Crippen molar-refractivity contribution in [3.8, 4) is 0 Å². The Bertz CT molecular complexity index is 777. The zero-order valence-electron chi connectivity index (χ0n) is 12.4. The van der Waals surface area contributed by atoms with Gasteiger partial charge in [-0.3, -0.25) is 4.79 Å². The summed E-state index contributed by atoms with van der Waals surface area (Å²) in [6.07, 6.45) is 2.96. The predicted molar refractivity (Wildman–Crippen MR) is 93.5 cm³/mol. The van der Waals surface area contributed by atoms with Crippen LogP contribution in [0.1, 0.15) is 12.5 Å². The summed E-state index contributed by atoms with van der Waals surface area (Å²) in [5.74, 6) is 0.414. The molecule has 0 saturated carbocycles. The number of thioether (sulfide) groups is 1. The molecule has 0 aliphatic heterocycles. The van der Waals surface area contributed by atoms with Crippen LogP contribution in [0.3, 0.4) is 0 Å². The van der Waals surface area contributed by atoms with E-state index in [0.717, 1.165) is 27.9 Å².